The highest BCUT2D eigenvalue weighted by Crippen LogP contribution is 2.23. The van der Waals surface area contributed by atoms with Gasteiger partial charge in [-0.1, -0.05) is 206 Å². The van der Waals surface area contributed by atoms with Crippen molar-refractivity contribution in [3.05, 3.63) is 0 Å². The van der Waals surface area contributed by atoms with Crippen LogP contribution in [0.5, 0.6) is 0 Å². The van der Waals surface area contributed by atoms with Crippen LogP contribution in [0.15, 0.2) is 0 Å². The van der Waals surface area contributed by atoms with Crippen molar-refractivity contribution < 1.29 is 39.8 Å². The Balaban J connectivity index is 2.11. The molecule has 0 aromatic rings. The number of carbonyl (C=O) groups excluding carboxylic acids is 1. The summed E-state index contributed by atoms with van der Waals surface area (Å²) in [7, 11) is 0. The molecule has 0 saturated carbocycles. The van der Waals surface area contributed by atoms with Gasteiger partial charge in [-0.3, -0.25) is 4.79 Å². The third kappa shape index (κ3) is 26.9. The number of nitrogens with one attached hydrogen (secondary N) is 1. The van der Waals surface area contributed by atoms with Gasteiger partial charge in [-0.15, -0.1) is 0 Å². The fourth-order valence-electron chi connectivity index (χ4n) is 7.69. The maximum Gasteiger partial charge on any atom is 0.220 e. The van der Waals surface area contributed by atoms with E-state index < -0.39 is 49.5 Å². The Hall–Kier alpha value is -0.810. The minimum atomic E-state index is -1.55. The summed E-state index contributed by atoms with van der Waals surface area (Å²) in [5.74, 6) is -0.145. The van der Waals surface area contributed by atoms with Gasteiger partial charge in [0.1, 0.15) is 24.4 Å². The number of aliphatic hydroxyl groups excluding tert-OH is 5. The number of ether oxygens (including phenoxy) is 2. The normalized spacial score (nSPS) is 21.4. The largest absolute Gasteiger partial charge is 0.394 e. The van der Waals surface area contributed by atoms with E-state index >= 15 is 0 Å². The van der Waals surface area contributed by atoms with Gasteiger partial charge in [0.15, 0.2) is 6.29 Å². The fraction of sp³-hybridized carbons (Fsp3) is 0.978. The zero-order valence-corrected chi connectivity index (χ0v) is 35.3. The van der Waals surface area contributed by atoms with E-state index in [1.165, 1.54) is 161 Å². The molecule has 1 rings (SSSR count). The lowest BCUT2D eigenvalue weighted by molar-refractivity contribution is -0.302. The van der Waals surface area contributed by atoms with Gasteiger partial charge >= 0.3 is 0 Å². The van der Waals surface area contributed by atoms with Crippen molar-refractivity contribution >= 4 is 5.91 Å². The number of amides is 1. The minimum absolute atomic E-state index is 0.134. The first-order valence-electron chi connectivity index (χ1n) is 23.2. The molecule has 54 heavy (non-hydrogen) atoms. The maximum absolute atomic E-state index is 12.9. The van der Waals surface area contributed by atoms with Crippen LogP contribution < -0.4 is 5.32 Å². The first-order valence-corrected chi connectivity index (χ1v) is 23.2. The molecule has 1 aliphatic rings. The van der Waals surface area contributed by atoms with Gasteiger partial charge in [-0.25, -0.2) is 0 Å². The van der Waals surface area contributed by atoms with E-state index in [9.17, 15) is 30.3 Å². The van der Waals surface area contributed by atoms with Crippen LogP contribution in [0.25, 0.3) is 0 Å². The summed E-state index contributed by atoms with van der Waals surface area (Å²) in [5.41, 5.74) is 0. The van der Waals surface area contributed by atoms with Crippen molar-refractivity contribution in [1.29, 1.82) is 0 Å². The van der Waals surface area contributed by atoms with E-state index in [-0.39, 0.29) is 12.5 Å². The van der Waals surface area contributed by atoms with Gasteiger partial charge in [-0.2, -0.15) is 0 Å². The van der Waals surface area contributed by atoms with Crippen molar-refractivity contribution in [1.82, 2.24) is 5.32 Å². The van der Waals surface area contributed by atoms with Crippen molar-refractivity contribution in [2.24, 2.45) is 0 Å². The van der Waals surface area contributed by atoms with Crippen LogP contribution >= 0.6 is 0 Å². The highest BCUT2D eigenvalue weighted by molar-refractivity contribution is 5.76. The summed E-state index contributed by atoms with van der Waals surface area (Å²) >= 11 is 0. The predicted molar refractivity (Wildman–Crippen MR) is 221 cm³/mol. The van der Waals surface area contributed by atoms with Gasteiger partial charge in [0.05, 0.1) is 25.4 Å². The smallest absolute Gasteiger partial charge is 0.220 e. The molecule has 0 aliphatic carbocycles. The molecule has 0 spiro atoms. The number of carbonyl (C=O) groups is 1. The highest BCUT2D eigenvalue weighted by Gasteiger charge is 2.44. The van der Waals surface area contributed by atoms with Crippen molar-refractivity contribution in [2.75, 3.05) is 13.2 Å². The molecule has 1 aliphatic heterocycles. The average molecular weight is 772 g/mol. The van der Waals surface area contributed by atoms with Crippen LogP contribution in [-0.2, 0) is 14.3 Å². The van der Waals surface area contributed by atoms with Gasteiger partial charge < -0.3 is 40.3 Å². The Bertz CT molecular complexity index is 817. The molecule has 1 saturated heterocycles. The lowest BCUT2D eigenvalue weighted by Gasteiger charge is -2.40. The molecule has 0 aromatic heterocycles. The van der Waals surface area contributed by atoms with E-state index in [4.69, 9.17) is 9.47 Å². The van der Waals surface area contributed by atoms with Gasteiger partial charge in [0.2, 0.25) is 5.91 Å². The lowest BCUT2D eigenvalue weighted by atomic mass is 9.99. The SMILES string of the molecule is CCCCCCCCCCCCCCCCCCCCCCCCCCCC(=O)NC(COC1OC(CO)C(O)C(O)C1O)C(O)CCCCCCCC. The maximum atomic E-state index is 12.9. The molecule has 1 heterocycles. The second-order valence-electron chi connectivity index (χ2n) is 16.6. The van der Waals surface area contributed by atoms with Crippen LogP contribution in [0, 0.1) is 0 Å². The number of aliphatic hydroxyl groups is 5. The van der Waals surface area contributed by atoms with Crippen LogP contribution in [0.2, 0.25) is 0 Å². The first-order chi connectivity index (χ1) is 26.3. The van der Waals surface area contributed by atoms with Crippen LogP contribution in [0.1, 0.15) is 226 Å². The molecule has 0 radical (unpaired) electrons. The molecule has 7 atom stereocenters. The zero-order valence-electron chi connectivity index (χ0n) is 35.3. The van der Waals surface area contributed by atoms with E-state index in [0.29, 0.717) is 12.8 Å². The number of hydrogen-bond acceptors (Lipinski definition) is 8. The second-order valence-corrected chi connectivity index (χ2v) is 16.6. The summed E-state index contributed by atoms with van der Waals surface area (Å²) in [6, 6.07) is -0.709. The summed E-state index contributed by atoms with van der Waals surface area (Å²) in [4.78, 5) is 12.9. The monoisotopic (exact) mass is 772 g/mol. The van der Waals surface area contributed by atoms with E-state index in [0.717, 1.165) is 38.5 Å². The quantitative estimate of drug-likeness (QED) is 0.0339. The zero-order chi connectivity index (χ0) is 39.5. The van der Waals surface area contributed by atoms with Gasteiger partial charge in [0, 0.05) is 6.42 Å². The molecule has 7 unspecified atom stereocenters. The van der Waals surface area contributed by atoms with Crippen molar-refractivity contribution in [3.8, 4) is 0 Å². The Morgan fingerprint density at radius 3 is 1.31 bits per heavy atom. The molecule has 9 nitrogen and oxygen atoms in total. The topological polar surface area (TPSA) is 149 Å². The van der Waals surface area contributed by atoms with Gasteiger partial charge in [0.25, 0.3) is 0 Å². The van der Waals surface area contributed by atoms with Crippen LogP contribution in [0.3, 0.4) is 0 Å². The predicted octanol–water partition coefficient (Wildman–Crippen LogP) is 9.56. The number of unbranched alkanes of at least 4 members (excludes halogenated alkanes) is 29. The standard InChI is InChI=1S/C45H89NO8/c1-3-5-7-9-11-12-13-14-15-16-17-18-19-20-21-22-23-24-25-26-27-28-29-31-33-35-41(49)46-38(39(48)34-32-30-10-8-6-4-2)37-53-45-44(52)43(51)42(50)40(36-47)54-45/h38-40,42-45,47-48,50-52H,3-37H2,1-2H3,(H,46,49). The molecular formula is C45H89NO8. The third-order valence-corrected chi connectivity index (χ3v) is 11.5. The Kier molecular flexibility index (Phi) is 34.6. The lowest BCUT2D eigenvalue weighted by Crippen LogP contribution is -2.60. The summed E-state index contributed by atoms with van der Waals surface area (Å²) in [5, 5.41) is 53.9. The summed E-state index contributed by atoms with van der Waals surface area (Å²) in [6.07, 6.45) is 33.1. The van der Waals surface area contributed by atoms with Gasteiger partial charge in [-0.05, 0) is 12.8 Å². The summed E-state index contributed by atoms with van der Waals surface area (Å²) < 4.78 is 11.2. The molecule has 9 heteroatoms. The number of hydrogen-bond donors (Lipinski definition) is 6. The minimum Gasteiger partial charge on any atom is -0.394 e. The van der Waals surface area contributed by atoms with Crippen molar-refractivity contribution in [3.63, 3.8) is 0 Å². The number of rotatable bonds is 39. The van der Waals surface area contributed by atoms with Crippen molar-refractivity contribution in [2.45, 2.75) is 269 Å². The third-order valence-electron chi connectivity index (χ3n) is 11.5. The Labute approximate surface area is 332 Å². The van der Waals surface area contributed by atoms with E-state index in [1.54, 1.807) is 0 Å². The molecule has 322 valence electrons. The van der Waals surface area contributed by atoms with E-state index in [1.807, 2.05) is 0 Å². The molecule has 0 bridgehead atoms. The molecule has 1 fully saturated rings. The fourth-order valence-corrected chi connectivity index (χ4v) is 7.69. The highest BCUT2D eigenvalue weighted by atomic mass is 16.7. The summed E-state index contributed by atoms with van der Waals surface area (Å²) in [6.45, 7) is 3.78. The Morgan fingerprint density at radius 1 is 0.556 bits per heavy atom. The Morgan fingerprint density at radius 2 is 0.926 bits per heavy atom. The van der Waals surface area contributed by atoms with Crippen LogP contribution in [-0.4, -0.2) is 87.5 Å². The molecule has 1 amide bonds. The van der Waals surface area contributed by atoms with Crippen LogP contribution in [0.4, 0.5) is 0 Å². The molecule has 0 aromatic carbocycles. The molecule has 6 N–H and O–H groups in total. The second kappa shape index (κ2) is 36.5. The van der Waals surface area contributed by atoms with E-state index in [2.05, 4.69) is 19.2 Å². The average Bonchev–Trinajstić information content (AvgIpc) is 3.17. The first kappa shape index (κ1) is 51.2. The molecular weight excluding hydrogens is 682 g/mol.